The molecule has 1 fully saturated rings. The molecular formula is C12H12BrFO3. The van der Waals surface area contributed by atoms with E-state index in [9.17, 15) is 9.18 Å². The van der Waals surface area contributed by atoms with Gasteiger partial charge in [-0.1, -0.05) is 22.4 Å². The van der Waals surface area contributed by atoms with E-state index < -0.39 is 17.9 Å². The van der Waals surface area contributed by atoms with E-state index in [0.717, 1.165) is 19.3 Å². The van der Waals surface area contributed by atoms with Crippen LogP contribution in [0.25, 0.3) is 0 Å². The van der Waals surface area contributed by atoms with E-state index in [1.165, 1.54) is 12.1 Å². The Hall–Kier alpha value is -1.10. The van der Waals surface area contributed by atoms with E-state index >= 15 is 0 Å². The molecular weight excluding hydrogens is 291 g/mol. The Morgan fingerprint density at radius 3 is 2.71 bits per heavy atom. The van der Waals surface area contributed by atoms with Crippen LogP contribution in [-0.2, 0) is 4.79 Å². The van der Waals surface area contributed by atoms with Crippen molar-refractivity contribution in [1.82, 2.24) is 0 Å². The Labute approximate surface area is 107 Å². The Morgan fingerprint density at radius 1 is 1.53 bits per heavy atom. The number of hydrogen-bond donors (Lipinski definition) is 1. The Kier molecular flexibility index (Phi) is 3.66. The second-order valence-corrected chi connectivity index (χ2v) is 5.06. The van der Waals surface area contributed by atoms with Gasteiger partial charge in [0.1, 0.15) is 0 Å². The van der Waals surface area contributed by atoms with Gasteiger partial charge in [-0.2, -0.15) is 0 Å². The summed E-state index contributed by atoms with van der Waals surface area (Å²) < 4.78 is 19.4. The van der Waals surface area contributed by atoms with Crippen molar-refractivity contribution >= 4 is 21.9 Å². The molecule has 5 heteroatoms. The molecule has 1 saturated carbocycles. The number of ether oxygens (including phenoxy) is 1. The predicted molar refractivity (Wildman–Crippen MR) is 63.5 cm³/mol. The fourth-order valence-electron chi connectivity index (χ4n) is 1.80. The molecule has 1 unspecified atom stereocenters. The zero-order chi connectivity index (χ0) is 12.4. The maximum absolute atomic E-state index is 13.5. The lowest BCUT2D eigenvalue weighted by Gasteiger charge is -2.31. The standard InChI is InChI=1S/C12H12BrFO3/c13-8-4-5-10(9(14)6-8)17-11(12(15)16)7-2-1-3-7/h4-7,11H,1-3H2,(H,15,16). The van der Waals surface area contributed by atoms with Gasteiger partial charge in [0.05, 0.1) is 0 Å². The molecule has 0 aromatic heterocycles. The van der Waals surface area contributed by atoms with Crippen molar-refractivity contribution in [3.63, 3.8) is 0 Å². The molecule has 0 spiro atoms. The summed E-state index contributed by atoms with van der Waals surface area (Å²) in [4.78, 5) is 11.1. The minimum atomic E-state index is -1.03. The molecule has 2 rings (SSSR count). The van der Waals surface area contributed by atoms with E-state index in [-0.39, 0.29) is 11.7 Å². The molecule has 1 aromatic rings. The molecule has 17 heavy (non-hydrogen) atoms. The van der Waals surface area contributed by atoms with Crippen molar-refractivity contribution < 1.29 is 19.0 Å². The second kappa shape index (κ2) is 5.04. The van der Waals surface area contributed by atoms with Crippen molar-refractivity contribution in [3.8, 4) is 5.75 Å². The van der Waals surface area contributed by atoms with Crippen LogP contribution in [-0.4, -0.2) is 17.2 Å². The maximum atomic E-state index is 13.5. The van der Waals surface area contributed by atoms with Gasteiger partial charge in [-0.25, -0.2) is 9.18 Å². The second-order valence-electron chi connectivity index (χ2n) is 4.14. The van der Waals surface area contributed by atoms with Crippen LogP contribution in [0.4, 0.5) is 4.39 Å². The molecule has 1 aliphatic rings. The number of hydrogen-bond acceptors (Lipinski definition) is 2. The molecule has 0 heterocycles. The molecule has 3 nitrogen and oxygen atoms in total. The van der Waals surface area contributed by atoms with Crippen LogP contribution < -0.4 is 4.74 Å². The van der Waals surface area contributed by atoms with Gasteiger partial charge in [0.2, 0.25) is 0 Å². The SMILES string of the molecule is O=C(O)C(Oc1ccc(Br)cc1F)C1CCC1. The van der Waals surface area contributed by atoms with Gasteiger partial charge in [-0.05, 0) is 31.0 Å². The molecule has 0 bridgehead atoms. The summed E-state index contributed by atoms with van der Waals surface area (Å²) in [7, 11) is 0. The van der Waals surface area contributed by atoms with Crippen LogP contribution in [0, 0.1) is 11.7 Å². The van der Waals surface area contributed by atoms with Crippen LogP contribution in [0.5, 0.6) is 5.75 Å². The number of carboxylic acid groups (broad SMARTS) is 1. The maximum Gasteiger partial charge on any atom is 0.345 e. The zero-order valence-electron chi connectivity index (χ0n) is 9.03. The van der Waals surface area contributed by atoms with Gasteiger partial charge < -0.3 is 9.84 Å². The van der Waals surface area contributed by atoms with Gasteiger partial charge >= 0.3 is 5.97 Å². The van der Waals surface area contributed by atoms with Gasteiger partial charge in [-0.15, -0.1) is 0 Å². The fourth-order valence-corrected chi connectivity index (χ4v) is 2.13. The average Bonchev–Trinajstić information content (AvgIpc) is 2.17. The highest BCUT2D eigenvalue weighted by Gasteiger charge is 2.34. The first kappa shape index (κ1) is 12.4. The van der Waals surface area contributed by atoms with Crippen LogP contribution in [0.15, 0.2) is 22.7 Å². The van der Waals surface area contributed by atoms with Crippen LogP contribution in [0.2, 0.25) is 0 Å². The highest BCUT2D eigenvalue weighted by Crippen LogP contribution is 2.33. The van der Waals surface area contributed by atoms with Crippen LogP contribution >= 0.6 is 15.9 Å². The monoisotopic (exact) mass is 302 g/mol. The van der Waals surface area contributed by atoms with Gasteiger partial charge in [-0.3, -0.25) is 0 Å². The summed E-state index contributed by atoms with van der Waals surface area (Å²) in [6.07, 6.45) is 1.73. The largest absolute Gasteiger partial charge is 0.478 e. The smallest absolute Gasteiger partial charge is 0.345 e. The van der Waals surface area contributed by atoms with E-state index in [1.54, 1.807) is 6.07 Å². The minimum Gasteiger partial charge on any atom is -0.478 e. The van der Waals surface area contributed by atoms with Crippen molar-refractivity contribution in [1.29, 1.82) is 0 Å². The lowest BCUT2D eigenvalue weighted by molar-refractivity contribution is -0.149. The first-order chi connectivity index (χ1) is 8.08. The van der Waals surface area contributed by atoms with Gasteiger partial charge in [0.15, 0.2) is 17.7 Å². The number of aliphatic carboxylic acids is 1. The third-order valence-electron chi connectivity index (χ3n) is 2.97. The van der Waals surface area contributed by atoms with E-state index in [1.807, 2.05) is 0 Å². The average molecular weight is 303 g/mol. The van der Waals surface area contributed by atoms with Crippen molar-refractivity contribution in [2.24, 2.45) is 5.92 Å². The number of carbonyl (C=O) groups is 1. The number of halogens is 2. The normalized spacial score (nSPS) is 17.3. The summed E-state index contributed by atoms with van der Waals surface area (Å²) in [5.74, 6) is -1.59. The Bertz CT molecular complexity index is 432. The van der Waals surface area contributed by atoms with E-state index in [0.29, 0.717) is 4.47 Å². The van der Waals surface area contributed by atoms with E-state index in [2.05, 4.69) is 15.9 Å². The van der Waals surface area contributed by atoms with Crippen LogP contribution in [0.1, 0.15) is 19.3 Å². The topological polar surface area (TPSA) is 46.5 Å². The Balaban J connectivity index is 2.14. The minimum absolute atomic E-state index is 0.00412. The zero-order valence-corrected chi connectivity index (χ0v) is 10.6. The first-order valence-corrected chi connectivity index (χ1v) is 6.22. The number of rotatable bonds is 4. The van der Waals surface area contributed by atoms with E-state index in [4.69, 9.17) is 9.84 Å². The summed E-state index contributed by atoms with van der Waals surface area (Å²) in [5.41, 5.74) is 0. The Morgan fingerprint density at radius 2 is 2.24 bits per heavy atom. The third-order valence-corrected chi connectivity index (χ3v) is 3.46. The molecule has 0 saturated heterocycles. The number of carboxylic acids is 1. The quantitative estimate of drug-likeness (QED) is 0.929. The summed E-state index contributed by atoms with van der Waals surface area (Å²) in [6.45, 7) is 0. The van der Waals surface area contributed by atoms with Crippen molar-refractivity contribution in [3.05, 3.63) is 28.5 Å². The van der Waals surface area contributed by atoms with Gasteiger partial charge in [0.25, 0.3) is 0 Å². The van der Waals surface area contributed by atoms with Crippen molar-refractivity contribution in [2.75, 3.05) is 0 Å². The molecule has 1 aromatic carbocycles. The molecule has 92 valence electrons. The molecule has 1 aliphatic carbocycles. The highest BCUT2D eigenvalue weighted by atomic mass is 79.9. The lowest BCUT2D eigenvalue weighted by atomic mass is 9.81. The first-order valence-electron chi connectivity index (χ1n) is 5.42. The van der Waals surface area contributed by atoms with Gasteiger partial charge in [0, 0.05) is 10.4 Å². The number of benzene rings is 1. The molecule has 0 amide bonds. The highest BCUT2D eigenvalue weighted by molar-refractivity contribution is 9.10. The summed E-state index contributed by atoms with van der Waals surface area (Å²) >= 11 is 3.13. The summed E-state index contributed by atoms with van der Waals surface area (Å²) in [5, 5.41) is 9.06. The molecule has 0 radical (unpaired) electrons. The molecule has 1 atom stereocenters. The summed E-state index contributed by atoms with van der Waals surface area (Å²) in [6, 6.07) is 4.32. The molecule has 1 N–H and O–H groups in total. The fraction of sp³-hybridized carbons (Fsp3) is 0.417. The van der Waals surface area contributed by atoms with Crippen molar-refractivity contribution in [2.45, 2.75) is 25.4 Å². The van der Waals surface area contributed by atoms with Crippen LogP contribution in [0.3, 0.4) is 0 Å². The molecule has 0 aliphatic heterocycles. The third kappa shape index (κ3) is 2.77. The predicted octanol–water partition coefficient (Wildman–Crippen LogP) is 3.22. The lowest BCUT2D eigenvalue weighted by Crippen LogP contribution is -2.38.